The van der Waals surface area contributed by atoms with Gasteiger partial charge in [-0.15, -0.1) is 11.3 Å². The van der Waals surface area contributed by atoms with Gasteiger partial charge >= 0.3 is 0 Å². The van der Waals surface area contributed by atoms with Crippen molar-refractivity contribution in [1.29, 1.82) is 0 Å². The fraction of sp³-hybridized carbons (Fsp3) is 0.333. The van der Waals surface area contributed by atoms with Crippen LogP contribution in [0.2, 0.25) is 5.02 Å². The Kier molecular flexibility index (Phi) is 4.45. The molecule has 106 valence electrons. The molecule has 2 aromatic rings. The topological polar surface area (TPSA) is 42.0 Å². The minimum absolute atomic E-state index is 0.00431. The van der Waals surface area contributed by atoms with Gasteiger partial charge in [0, 0.05) is 15.8 Å². The van der Waals surface area contributed by atoms with Crippen LogP contribution in [-0.4, -0.2) is 10.9 Å². The van der Waals surface area contributed by atoms with E-state index >= 15 is 0 Å². The first-order chi connectivity index (χ1) is 9.34. The second-order valence-corrected chi connectivity index (χ2v) is 6.93. The van der Waals surface area contributed by atoms with E-state index in [9.17, 15) is 4.79 Å². The van der Waals surface area contributed by atoms with E-state index in [1.54, 1.807) is 12.1 Å². The van der Waals surface area contributed by atoms with E-state index in [-0.39, 0.29) is 11.3 Å². The number of carbonyl (C=O) groups excluding carboxylic acids is 1. The predicted molar refractivity (Wildman–Crippen MR) is 84.6 cm³/mol. The van der Waals surface area contributed by atoms with Gasteiger partial charge in [0.2, 0.25) is 5.91 Å². The first-order valence-corrected chi connectivity index (χ1v) is 7.60. The minimum Gasteiger partial charge on any atom is -0.302 e. The van der Waals surface area contributed by atoms with Crippen molar-refractivity contribution in [2.24, 2.45) is 0 Å². The quantitative estimate of drug-likeness (QED) is 0.919. The maximum absolute atomic E-state index is 11.9. The molecule has 1 N–H and O–H groups in total. The molecule has 0 saturated heterocycles. The molecule has 0 aliphatic carbocycles. The highest BCUT2D eigenvalue weighted by Crippen LogP contribution is 2.26. The molecule has 1 aromatic heterocycles. The van der Waals surface area contributed by atoms with Crippen LogP contribution in [0.25, 0.3) is 0 Å². The van der Waals surface area contributed by atoms with Crippen LogP contribution in [0.15, 0.2) is 29.6 Å². The standard InChI is InChI=1S/C15H17ClN2OS/c1-15(2,3)12-9-20-14(17-12)18-13(19)8-10-4-6-11(16)7-5-10/h4-7,9H,8H2,1-3H3,(H,17,18,19). The van der Waals surface area contributed by atoms with E-state index in [1.165, 1.54) is 11.3 Å². The van der Waals surface area contributed by atoms with Crippen LogP contribution in [0.4, 0.5) is 5.13 Å². The summed E-state index contributed by atoms with van der Waals surface area (Å²) in [6, 6.07) is 7.27. The summed E-state index contributed by atoms with van der Waals surface area (Å²) in [5.41, 5.74) is 1.92. The summed E-state index contributed by atoms with van der Waals surface area (Å²) in [4.78, 5) is 16.4. The molecule has 0 spiro atoms. The average Bonchev–Trinajstić information content (AvgIpc) is 2.80. The van der Waals surface area contributed by atoms with Gasteiger partial charge in [-0.05, 0) is 17.7 Å². The molecular weight excluding hydrogens is 292 g/mol. The Morgan fingerprint density at radius 3 is 2.50 bits per heavy atom. The maximum atomic E-state index is 11.9. The van der Waals surface area contributed by atoms with E-state index in [0.717, 1.165) is 11.3 Å². The molecule has 1 heterocycles. The van der Waals surface area contributed by atoms with Crippen LogP contribution in [0.5, 0.6) is 0 Å². The zero-order chi connectivity index (χ0) is 14.8. The Morgan fingerprint density at radius 2 is 1.95 bits per heavy atom. The van der Waals surface area contributed by atoms with Crippen molar-refractivity contribution < 1.29 is 4.79 Å². The number of anilines is 1. The molecule has 20 heavy (non-hydrogen) atoms. The fourth-order valence-corrected chi connectivity index (χ4v) is 2.71. The van der Waals surface area contributed by atoms with Gasteiger partial charge in [0.05, 0.1) is 12.1 Å². The molecule has 5 heteroatoms. The Bertz CT molecular complexity index is 599. The molecule has 0 fully saturated rings. The number of aromatic nitrogens is 1. The van der Waals surface area contributed by atoms with Crippen LogP contribution in [0, 0.1) is 0 Å². The lowest BCUT2D eigenvalue weighted by atomic mass is 9.93. The number of nitrogens with one attached hydrogen (secondary N) is 1. The first kappa shape index (κ1) is 15.0. The highest BCUT2D eigenvalue weighted by Gasteiger charge is 2.18. The van der Waals surface area contributed by atoms with Crippen LogP contribution in [-0.2, 0) is 16.6 Å². The monoisotopic (exact) mass is 308 g/mol. The molecule has 1 aromatic carbocycles. The molecule has 3 nitrogen and oxygen atoms in total. The highest BCUT2D eigenvalue weighted by atomic mass is 35.5. The lowest BCUT2D eigenvalue weighted by Gasteiger charge is -2.14. The molecule has 0 aliphatic heterocycles. The van der Waals surface area contributed by atoms with Gasteiger partial charge in [-0.2, -0.15) is 0 Å². The normalized spacial score (nSPS) is 11.4. The van der Waals surface area contributed by atoms with Crippen molar-refractivity contribution in [3.05, 3.63) is 45.9 Å². The zero-order valence-electron chi connectivity index (χ0n) is 11.7. The summed E-state index contributed by atoms with van der Waals surface area (Å²) in [5, 5.41) is 6.13. The van der Waals surface area contributed by atoms with Crippen molar-refractivity contribution in [1.82, 2.24) is 4.98 Å². The van der Waals surface area contributed by atoms with Crippen molar-refractivity contribution >= 4 is 34.0 Å². The highest BCUT2D eigenvalue weighted by molar-refractivity contribution is 7.13. The van der Waals surface area contributed by atoms with Gasteiger partial charge in [0.1, 0.15) is 0 Å². The van der Waals surface area contributed by atoms with E-state index in [1.807, 2.05) is 17.5 Å². The van der Waals surface area contributed by atoms with E-state index in [2.05, 4.69) is 31.1 Å². The third-order valence-corrected chi connectivity index (χ3v) is 3.81. The zero-order valence-corrected chi connectivity index (χ0v) is 13.3. The first-order valence-electron chi connectivity index (χ1n) is 6.35. The lowest BCUT2D eigenvalue weighted by Crippen LogP contribution is -2.15. The summed E-state index contributed by atoms with van der Waals surface area (Å²) < 4.78 is 0. The van der Waals surface area contributed by atoms with Crippen molar-refractivity contribution in [3.8, 4) is 0 Å². The summed E-state index contributed by atoms with van der Waals surface area (Å²) in [6.45, 7) is 6.30. The molecule has 0 saturated carbocycles. The van der Waals surface area contributed by atoms with Crippen LogP contribution in [0.1, 0.15) is 32.0 Å². The number of halogens is 1. The summed E-state index contributed by atoms with van der Waals surface area (Å²) in [7, 11) is 0. The number of nitrogens with zero attached hydrogens (tertiary/aromatic N) is 1. The molecular formula is C15H17ClN2OS. The lowest BCUT2D eigenvalue weighted by molar-refractivity contribution is -0.115. The third-order valence-electron chi connectivity index (χ3n) is 2.80. The van der Waals surface area contributed by atoms with Crippen molar-refractivity contribution in [2.45, 2.75) is 32.6 Å². The van der Waals surface area contributed by atoms with Gasteiger partial charge in [-0.3, -0.25) is 4.79 Å². The second kappa shape index (κ2) is 5.94. The van der Waals surface area contributed by atoms with Crippen LogP contribution in [0.3, 0.4) is 0 Å². The minimum atomic E-state index is -0.0675. The molecule has 2 rings (SSSR count). The molecule has 0 unspecified atom stereocenters. The van der Waals surface area contributed by atoms with Gasteiger partial charge in [0.15, 0.2) is 5.13 Å². The van der Waals surface area contributed by atoms with Crippen LogP contribution >= 0.6 is 22.9 Å². The number of amides is 1. The molecule has 0 aliphatic rings. The van der Waals surface area contributed by atoms with Crippen LogP contribution < -0.4 is 5.32 Å². The largest absolute Gasteiger partial charge is 0.302 e. The van der Waals surface area contributed by atoms with Crippen molar-refractivity contribution in [3.63, 3.8) is 0 Å². The van der Waals surface area contributed by atoms with Crippen molar-refractivity contribution in [2.75, 3.05) is 5.32 Å². The Balaban J connectivity index is 1.98. The van der Waals surface area contributed by atoms with Gasteiger partial charge in [-0.25, -0.2) is 4.98 Å². The van der Waals surface area contributed by atoms with Gasteiger partial charge in [-0.1, -0.05) is 44.5 Å². The second-order valence-electron chi connectivity index (χ2n) is 5.64. The summed E-state index contributed by atoms with van der Waals surface area (Å²) in [6.07, 6.45) is 0.321. The Morgan fingerprint density at radius 1 is 1.30 bits per heavy atom. The molecule has 0 bridgehead atoms. The Hall–Kier alpha value is -1.39. The number of carbonyl (C=O) groups is 1. The van der Waals surface area contributed by atoms with E-state index < -0.39 is 0 Å². The smallest absolute Gasteiger partial charge is 0.230 e. The maximum Gasteiger partial charge on any atom is 0.230 e. The molecule has 0 radical (unpaired) electrons. The number of hydrogen-bond donors (Lipinski definition) is 1. The van der Waals surface area contributed by atoms with Gasteiger partial charge < -0.3 is 5.32 Å². The number of rotatable bonds is 3. The summed E-state index contributed by atoms with van der Waals surface area (Å²) in [5.74, 6) is -0.0675. The number of benzene rings is 1. The molecule has 1 amide bonds. The van der Waals surface area contributed by atoms with Gasteiger partial charge in [0.25, 0.3) is 0 Å². The fourth-order valence-electron chi connectivity index (χ4n) is 1.63. The average molecular weight is 309 g/mol. The SMILES string of the molecule is CC(C)(C)c1csc(NC(=O)Cc2ccc(Cl)cc2)n1. The van der Waals surface area contributed by atoms with E-state index in [0.29, 0.717) is 16.6 Å². The number of hydrogen-bond acceptors (Lipinski definition) is 3. The summed E-state index contributed by atoms with van der Waals surface area (Å²) >= 11 is 7.27. The number of thiazole rings is 1. The predicted octanol–water partition coefficient (Wildman–Crippen LogP) is 4.28. The van der Waals surface area contributed by atoms with E-state index in [4.69, 9.17) is 11.6 Å². The molecule has 0 atom stereocenters. The third kappa shape index (κ3) is 4.05. The Labute approximate surface area is 128 Å².